The summed E-state index contributed by atoms with van der Waals surface area (Å²) in [6, 6.07) is 2.92. The van der Waals surface area contributed by atoms with Gasteiger partial charge in [-0.25, -0.2) is 8.42 Å². The van der Waals surface area contributed by atoms with E-state index in [1.807, 2.05) is 0 Å². The fourth-order valence-electron chi connectivity index (χ4n) is 1.88. The number of carboxylic acid groups (broad SMARTS) is 1. The standard InChI is InChI=1S/C14H21NO6S/c1-22(19,20)10-11-7-8-12(21-11)14(18)15-9-5-3-2-4-6-13(16)17/h7-8H,2-6,9-10H2,1H3,(H,15,18)(H,16,17). The van der Waals surface area contributed by atoms with E-state index in [0.29, 0.717) is 13.0 Å². The van der Waals surface area contributed by atoms with Gasteiger partial charge in [0.1, 0.15) is 11.5 Å². The summed E-state index contributed by atoms with van der Waals surface area (Å²) in [4.78, 5) is 22.1. The SMILES string of the molecule is CS(=O)(=O)Cc1ccc(C(=O)NCCCCCCC(=O)O)o1. The van der Waals surface area contributed by atoms with E-state index in [0.717, 1.165) is 25.5 Å². The van der Waals surface area contributed by atoms with Crippen LogP contribution in [0.5, 0.6) is 0 Å². The van der Waals surface area contributed by atoms with Crippen LogP contribution in [0.15, 0.2) is 16.5 Å². The van der Waals surface area contributed by atoms with Crippen LogP contribution >= 0.6 is 0 Å². The molecule has 1 heterocycles. The highest BCUT2D eigenvalue weighted by molar-refractivity contribution is 7.89. The van der Waals surface area contributed by atoms with Gasteiger partial charge in [-0.15, -0.1) is 0 Å². The number of carbonyl (C=O) groups is 2. The van der Waals surface area contributed by atoms with Crippen LogP contribution in [-0.4, -0.2) is 38.2 Å². The molecule has 124 valence electrons. The third-order valence-corrected chi connectivity index (χ3v) is 3.70. The fraction of sp³-hybridized carbons (Fsp3) is 0.571. The van der Waals surface area contributed by atoms with Gasteiger partial charge in [0.25, 0.3) is 5.91 Å². The summed E-state index contributed by atoms with van der Waals surface area (Å²) in [5, 5.41) is 11.2. The normalized spacial score (nSPS) is 11.3. The maximum atomic E-state index is 11.8. The molecule has 0 saturated heterocycles. The molecule has 0 unspecified atom stereocenters. The van der Waals surface area contributed by atoms with Gasteiger partial charge in [-0.2, -0.15) is 0 Å². The van der Waals surface area contributed by atoms with Gasteiger partial charge >= 0.3 is 5.97 Å². The number of carbonyl (C=O) groups excluding carboxylic acids is 1. The van der Waals surface area contributed by atoms with E-state index in [1.54, 1.807) is 0 Å². The minimum atomic E-state index is -3.19. The molecule has 1 aromatic rings. The topological polar surface area (TPSA) is 114 Å². The maximum absolute atomic E-state index is 11.8. The Morgan fingerprint density at radius 1 is 1.18 bits per heavy atom. The second-order valence-corrected chi connectivity index (χ2v) is 7.29. The van der Waals surface area contributed by atoms with Crippen molar-refractivity contribution in [2.45, 2.75) is 37.9 Å². The van der Waals surface area contributed by atoms with Crippen LogP contribution in [0.4, 0.5) is 0 Å². The first-order valence-corrected chi connectivity index (χ1v) is 9.10. The van der Waals surface area contributed by atoms with E-state index in [1.165, 1.54) is 12.1 Å². The maximum Gasteiger partial charge on any atom is 0.303 e. The van der Waals surface area contributed by atoms with E-state index in [-0.39, 0.29) is 29.6 Å². The molecule has 0 aliphatic carbocycles. The first-order chi connectivity index (χ1) is 10.3. The van der Waals surface area contributed by atoms with Crippen LogP contribution in [0.1, 0.15) is 48.4 Å². The van der Waals surface area contributed by atoms with Gasteiger partial charge in [0.05, 0.1) is 0 Å². The molecule has 0 atom stereocenters. The molecule has 1 rings (SSSR count). The van der Waals surface area contributed by atoms with Gasteiger partial charge < -0.3 is 14.8 Å². The van der Waals surface area contributed by atoms with Crippen LogP contribution in [0.2, 0.25) is 0 Å². The number of carboxylic acids is 1. The number of hydrogen-bond donors (Lipinski definition) is 2. The van der Waals surface area contributed by atoms with Gasteiger partial charge in [-0.1, -0.05) is 12.8 Å². The van der Waals surface area contributed by atoms with Gasteiger partial charge in [-0.3, -0.25) is 9.59 Å². The Hall–Kier alpha value is -1.83. The second-order valence-electron chi connectivity index (χ2n) is 5.15. The third kappa shape index (κ3) is 7.82. The van der Waals surface area contributed by atoms with Crippen molar-refractivity contribution in [2.24, 2.45) is 0 Å². The fourth-order valence-corrected chi connectivity index (χ4v) is 2.55. The van der Waals surface area contributed by atoms with Gasteiger partial charge in [0, 0.05) is 19.2 Å². The Morgan fingerprint density at radius 3 is 2.50 bits per heavy atom. The van der Waals surface area contributed by atoms with Crippen LogP contribution in [0.25, 0.3) is 0 Å². The summed E-state index contributed by atoms with van der Waals surface area (Å²) in [6.07, 6.45) is 4.30. The minimum Gasteiger partial charge on any atom is -0.481 e. The lowest BCUT2D eigenvalue weighted by Gasteiger charge is -2.03. The molecule has 22 heavy (non-hydrogen) atoms. The van der Waals surface area contributed by atoms with Gasteiger partial charge in [-0.05, 0) is 25.0 Å². The van der Waals surface area contributed by atoms with Crippen molar-refractivity contribution >= 4 is 21.7 Å². The average Bonchev–Trinajstić information content (AvgIpc) is 2.83. The zero-order chi connectivity index (χ0) is 16.6. The monoisotopic (exact) mass is 331 g/mol. The summed E-state index contributed by atoms with van der Waals surface area (Å²) in [6.45, 7) is 0.466. The summed E-state index contributed by atoms with van der Waals surface area (Å²) in [5.74, 6) is -1.09. The molecule has 2 N–H and O–H groups in total. The van der Waals surface area contributed by atoms with E-state index >= 15 is 0 Å². The van der Waals surface area contributed by atoms with Crippen molar-refractivity contribution in [3.8, 4) is 0 Å². The molecule has 0 fully saturated rings. The number of aliphatic carboxylic acids is 1. The zero-order valence-corrected chi connectivity index (χ0v) is 13.3. The lowest BCUT2D eigenvalue weighted by Crippen LogP contribution is -2.23. The third-order valence-electron chi connectivity index (χ3n) is 2.89. The van der Waals surface area contributed by atoms with E-state index < -0.39 is 15.8 Å². The number of amides is 1. The summed E-state index contributed by atoms with van der Waals surface area (Å²) in [5.41, 5.74) is 0. The van der Waals surface area contributed by atoms with Crippen LogP contribution in [0, 0.1) is 0 Å². The zero-order valence-electron chi connectivity index (χ0n) is 12.5. The summed E-state index contributed by atoms with van der Waals surface area (Å²) in [7, 11) is -3.19. The van der Waals surface area contributed by atoms with Crippen molar-refractivity contribution in [3.05, 3.63) is 23.7 Å². The molecule has 0 bridgehead atoms. The molecule has 0 aliphatic heterocycles. The first kappa shape index (κ1) is 18.2. The minimum absolute atomic E-state index is 0.0875. The number of furan rings is 1. The quantitative estimate of drug-likeness (QED) is 0.629. The van der Waals surface area contributed by atoms with Crippen molar-refractivity contribution < 1.29 is 27.5 Å². The van der Waals surface area contributed by atoms with Crippen molar-refractivity contribution in [1.29, 1.82) is 0 Å². The molecular weight excluding hydrogens is 310 g/mol. The Balaban J connectivity index is 2.24. The molecule has 0 radical (unpaired) electrons. The summed E-state index contributed by atoms with van der Waals surface area (Å²) < 4.78 is 27.4. The number of hydrogen-bond acceptors (Lipinski definition) is 5. The first-order valence-electron chi connectivity index (χ1n) is 7.04. The second kappa shape index (κ2) is 8.57. The molecule has 0 aliphatic rings. The summed E-state index contributed by atoms with van der Waals surface area (Å²) >= 11 is 0. The average molecular weight is 331 g/mol. The molecule has 1 amide bonds. The Kier molecular flexibility index (Phi) is 7.10. The van der Waals surface area contributed by atoms with Gasteiger partial charge in [0.15, 0.2) is 15.6 Å². The number of sulfone groups is 1. The van der Waals surface area contributed by atoms with Gasteiger partial charge in [0.2, 0.25) is 0 Å². The Morgan fingerprint density at radius 2 is 1.86 bits per heavy atom. The Bertz CT molecular complexity index is 605. The highest BCUT2D eigenvalue weighted by Crippen LogP contribution is 2.11. The van der Waals surface area contributed by atoms with Crippen LogP contribution < -0.4 is 5.32 Å². The lowest BCUT2D eigenvalue weighted by atomic mass is 10.1. The van der Waals surface area contributed by atoms with Crippen molar-refractivity contribution in [1.82, 2.24) is 5.32 Å². The van der Waals surface area contributed by atoms with E-state index in [2.05, 4.69) is 5.32 Å². The van der Waals surface area contributed by atoms with E-state index in [9.17, 15) is 18.0 Å². The lowest BCUT2D eigenvalue weighted by molar-refractivity contribution is -0.137. The molecule has 0 spiro atoms. The smallest absolute Gasteiger partial charge is 0.303 e. The van der Waals surface area contributed by atoms with Crippen LogP contribution in [0.3, 0.4) is 0 Å². The molecule has 1 aromatic heterocycles. The largest absolute Gasteiger partial charge is 0.481 e. The number of unbranched alkanes of at least 4 members (excludes halogenated alkanes) is 3. The van der Waals surface area contributed by atoms with Crippen molar-refractivity contribution in [2.75, 3.05) is 12.8 Å². The highest BCUT2D eigenvalue weighted by atomic mass is 32.2. The number of nitrogens with one attached hydrogen (secondary N) is 1. The van der Waals surface area contributed by atoms with Crippen LogP contribution in [-0.2, 0) is 20.4 Å². The predicted molar refractivity (Wildman–Crippen MR) is 80.3 cm³/mol. The van der Waals surface area contributed by atoms with E-state index in [4.69, 9.17) is 9.52 Å². The Labute approximate surface area is 129 Å². The molecule has 0 saturated carbocycles. The van der Waals surface area contributed by atoms with Crippen molar-refractivity contribution in [3.63, 3.8) is 0 Å². The number of rotatable bonds is 10. The molecular formula is C14H21NO6S. The molecule has 0 aromatic carbocycles. The predicted octanol–water partition coefficient (Wildman–Crippen LogP) is 1.59. The highest BCUT2D eigenvalue weighted by Gasteiger charge is 2.13. The molecule has 7 nitrogen and oxygen atoms in total. The molecule has 8 heteroatoms.